The maximum atomic E-state index is 13.2. The van der Waals surface area contributed by atoms with Crippen LogP contribution in [0.1, 0.15) is 34.9 Å². The number of allylic oxidation sites excluding steroid dienone is 2. The van der Waals surface area contributed by atoms with Crippen molar-refractivity contribution >= 4 is 27.5 Å². The summed E-state index contributed by atoms with van der Waals surface area (Å²) in [5.41, 5.74) is 3.30. The topological polar surface area (TPSA) is 59.8 Å². The average molecular weight is 429 g/mol. The van der Waals surface area contributed by atoms with Gasteiger partial charge in [0.15, 0.2) is 0 Å². The molecule has 1 N–H and O–H groups in total. The van der Waals surface area contributed by atoms with Crippen molar-refractivity contribution in [1.82, 2.24) is 20.1 Å². The van der Waals surface area contributed by atoms with Crippen LogP contribution >= 0.6 is 11.3 Å². The van der Waals surface area contributed by atoms with E-state index in [1.807, 2.05) is 47.3 Å². The first-order valence-electron chi connectivity index (χ1n) is 10.6. The van der Waals surface area contributed by atoms with E-state index in [4.69, 9.17) is 4.98 Å². The summed E-state index contributed by atoms with van der Waals surface area (Å²) in [5.74, 6) is 0.132. The van der Waals surface area contributed by atoms with Crippen molar-refractivity contribution in [2.45, 2.75) is 31.8 Å². The van der Waals surface area contributed by atoms with Crippen molar-refractivity contribution in [3.8, 4) is 0 Å². The number of hydrogen-bond donors (Lipinski definition) is 1. The molecular weight excluding hydrogens is 404 g/mol. The van der Waals surface area contributed by atoms with Gasteiger partial charge in [-0.3, -0.25) is 9.48 Å². The number of carbonyl (C=O) groups excluding carboxylic acids is 1. The first-order valence-corrected chi connectivity index (χ1v) is 11.4. The van der Waals surface area contributed by atoms with Gasteiger partial charge in [-0.15, -0.1) is 11.3 Å². The van der Waals surface area contributed by atoms with Gasteiger partial charge in [-0.25, -0.2) is 4.98 Å². The fourth-order valence-corrected chi connectivity index (χ4v) is 5.34. The SMILES string of the molecule is O=C(NCc1ccccc1Cn1cccn1)C1CC=CCC1c1nc2ccccc2s1. The van der Waals surface area contributed by atoms with Gasteiger partial charge in [0.25, 0.3) is 0 Å². The van der Waals surface area contributed by atoms with Gasteiger partial charge >= 0.3 is 0 Å². The van der Waals surface area contributed by atoms with Crippen LogP contribution in [0.25, 0.3) is 10.2 Å². The van der Waals surface area contributed by atoms with Crippen LogP contribution in [-0.4, -0.2) is 20.7 Å². The quantitative estimate of drug-likeness (QED) is 0.444. The molecule has 2 heterocycles. The molecule has 156 valence electrons. The van der Waals surface area contributed by atoms with E-state index in [0.29, 0.717) is 13.1 Å². The maximum absolute atomic E-state index is 13.2. The third-order valence-corrected chi connectivity index (χ3v) is 7.03. The number of rotatable bonds is 6. The van der Waals surface area contributed by atoms with Gasteiger partial charge in [-0.2, -0.15) is 5.10 Å². The molecule has 1 aliphatic rings. The molecule has 0 aliphatic heterocycles. The molecule has 5 rings (SSSR count). The lowest BCUT2D eigenvalue weighted by Crippen LogP contribution is -2.34. The highest BCUT2D eigenvalue weighted by molar-refractivity contribution is 7.18. The van der Waals surface area contributed by atoms with Gasteiger partial charge < -0.3 is 5.32 Å². The van der Waals surface area contributed by atoms with Crippen molar-refractivity contribution in [3.63, 3.8) is 0 Å². The number of para-hydroxylation sites is 1. The van der Waals surface area contributed by atoms with Gasteiger partial charge in [0.05, 0.1) is 27.7 Å². The lowest BCUT2D eigenvalue weighted by atomic mass is 9.82. The smallest absolute Gasteiger partial charge is 0.224 e. The minimum absolute atomic E-state index is 0.0937. The predicted molar refractivity (Wildman–Crippen MR) is 124 cm³/mol. The Hall–Kier alpha value is -3.25. The number of nitrogens with zero attached hydrogens (tertiary/aromatic N) is 3. The first kappa shape index (κ1) is 19.7. The van der Waals surface area contributed by atoms with Gasteiger partial charge in [0.1, 0.15) is 0 Å². The normalized spacial score (nSPS) is 18.3. The van der Waals surface area contributed by atoms with Crippen LogP contribution in [0.3, 0.4) is 0 Å². The summed E-state index contributed by atoms with van der Waals surface area (Å²) in [6, 6.07) is 18.3. The molecule has 2 aromatic heterocycles. The largest absolute Gasteiger partial charge is 0.352 e. The fourth-order valence-electron chi connectivity index (χ4n) is 4.19. The van der Waals surface area contributed by atoms with Crippen molar-refractivity contribution in [2.24, 2.45) is 5.92 Å². The summed E-state index contributed by atoms with van der Waals surface area (Å²) in [6.07, 6.45) is 9.64. The number of thiazole rings is 1. The number of benzene rings is 2. The molecule has 4 aromatic rings. The molecule has 2 aromatic carbocycles. The number of amides is 1. The number of hydrogen-bond acceptors (Lipinski definition) is 4. The maximum Gasteiger partial charge on any atom is 0.224 e. The zero-order chi connectivity index (χ0) is 21.0. The standard InChI is InChI=1S/C25H24N4OS/c30-24(26-16-18-8-1-2-9-19(18)17-29-15-7-14-27-29)20-10-3-4-11-21(20)25-28-22-12-5-6-13-23(22)31-25/h1-9,12-15,20-21H,10-11,16-17H2,(H,26,30). The van der Waals surface area contributed by atoms with Crippen LogP contribution in [0.4, 0.5) is 0 Å². The van der Waals surface area contributed by atoms with Gasteiger partial charge in [0, 0.05) is 24.9 Å². The average Bonchev–Trinajstić information content (AvgIpc) is 3.48. The Bertz CT molecular complexity index is 1180. The van der Waals surface area contributed by atoms with E-state index in [1.165, 1.54) is 4.70 Å². The predicted octanol–water partition coefficient (Wildman–Crippen LogP) is 4.91. The molecule has 0 bridgehead atoms. The van der Waals surface area contributed by atoms with E-state index in [2.05, 4.69) is 40.8 Å². The van der Waals surface area contributed by atoms with E-state index >= 15 is 0 Å². The van der Waals surface area contributed by atoms with E-state index < -0.39 is 0 Å². The molecule has 0 radical (unpaired) electrons. The fraction of sp³-hybridized carbons (Fsp3) is 0.240. The molecule has 6 heteroatoms. The minimum atomic E-state index is -0.0937. The molecule has 0 fully saturated rings. The van der Waals surface area contributed by atoms with Crippen molar-refractivity contribution < 1.29 is 4.79 Å². The second-order valence-electron chi connectivity index (χ2n) is 7.87. The zero-order valence-corrected chi connectivity index (χ0v) is 18.0. The number of carbonyl (C=O) groups is 1. The Balaban J connectivity index is 1.31. The van der Waals surface area contributed by atoms with Gasteiger partial charge in [0.2, 0.25) is 5.91 Å². The summed E-state index contributed by atoms with van der Waals surface area (Å²) in [6.45, 7) is 1.21. The highest BCUT2D eigenvalue weighted by Gasteiger charge is 2.32. The Labute approximate surface area is 185 Å². The summed E-state index contributed by atoms with van der Waals surface area (Å²) < 4.78 is 3.08. The summed E-state index contributed by atoms with van der Waals surface area (Å²) in [7, 11) is 0. The molecule has 2 atom stereocenters. The molecule has 0 saturated heterocycles. The lowest BCUT2D eigenvalue weighted by Gasteiger charge is -2.26. The van der Waals surface area contributed by atoms with Crippen LogP contribution in [0.2, 0.25) is 0 Å². The highest BCUT2D eigenvalue weighted by atomic mass is 32.1. The molecule has 2 unspecified atom stereocenters. The summed E-state index contributed by atoms with van der Waals surface area (Å²) >= 11 is 1.71. The van der Waals surface area contributed by atoms with Crippen molar-refractivity contribution in [1.29, 1.82) is 0 Å². The molecule has 5 nitrogen and oxygen atoms in total. The number of fused-ring (bicyclic) bond motifs is 1. The van der Waals surface area contributed by atoms with Gasteiger partial charge in [-0.05, 0) is 42.2 Å². The second-order valence-corrected chi connectivity index (χ2v) is 8.93. The van der Waals surface area contributed by atoms with Gasteiger partial charge in [-0.1, -0.05) is 48.6 Å². The van der Waals surface area contributed by atoms with E-state index in [9.17, 15) is 4.79 Å². The Kier molecular flexibility index (Phi) is 5.63. The van der Waals surface area contributed by atoms with Crippen LogP contribution < -0.4 is 5.32 Å². The summed E-state index contributed by atoms with van der Waals surface area (Å²) in [4.78, 5) is 18.1. The lowest BCUT2D eigenvalue weighted by molar-refractivity contribution is -0.125. The van der Waals surface area contributed by atoms with E-state index in [-0.39, 0.29) is 17.7 Å². The minimum Gasteiger partial charge on any atom is -0.352 e. The molecule has 0 saturated carbocycles. The third kappa shape index (κ3) is 4.30. The molecule has 31 heavy (non-hydrogen) atoms. The molecule has 0 spiro atoms. The monoisotopic (exact) mass is 428 g/mol. The Morgan fingerprint density at radius 3 is 2.68 bits per heavy atom. The van der Waals surface area contributed by atoms with Crippen LogP contribution in [0.5, 0.6) is 0 Å². The number of nitrogens with one attached hydrogen (secondary N) is 1. The molecular formula is C25H24N4OS. The van der Waals surface area contributed by atoms with E-state index in [0.717, 1.165) is 34.5 Å². The van der Waals surface area contributed by atoms with Crippen LogP contribution in [0.15, 0.2) is 79.1 Å². The van der Waals surface area contributed by atoms with Crippen LogP contribution in [-0.2, 0) is 17.9 Å². The first-order chi connectivity index (χ1) is 15.3. The Morgan fingerprint density at radius 2 is 1.84 bits per heavy atom. The van der Waals surface area contributed by atoms with Crippen molar-refractivity contribution in [3.05, 3.63) is 95.3 Å². The van der Waals surface area contributed by atoms with Crippen LogP contribution in [0, 0.1) is 5.92 Å². The molecule has 1 aliphatic carbocycles. The third-order valence-electron chi connectivity index (χ3n) is 5.86. The van der Waals surface area contributed by atoms with Crippen molar-refractivity contribution in [2.75, 3.05) is 0 Å². The Morgan fingerprint density at radius 1 is 1.03 bits per heavy atom. The number of aromatic nitrogens is 3. The summed E-state index contributed by atoms with van der Waals surface area (Å²) in [5, 5.41) is 8.56. The second kappa shape index (κ2) is 8.86. The zero-order valence-electron chi connectivity index (χ0n) is 17.1. The van der Waals surface area contributed by atoms with E-state index in [1.54, 1.807) is 17.5 Å². The highest BCUT2D eigenvalue weighted by Crippen LogP contribution is 2.38. The molecule has 1 amide bonds.